The minimum Gasteiger partial charge on any atom is -0.292 e. The minimum atomic E-state index is -0.147. The second-order valence-electron chi connectivity index (χ2n) is 7.85. The maximum atomic E-state index is 13.3. The van der Waals surface area contributed by atoms with Crippen molar-refractivity contribution in [3.63, 3.8) is 0 Å². The molecule has 1 amide bonds. The van der Waals surface area contributed by atoms with Crippen LogP contribution in [-0.2, 0) is 4.79 Å². The van der Waals surface area contributed by atoms with Gasteiger partial charge in [-0.15, -0.1) is 0 Å². The van der Waals surface area contributed by atoms with E-state index in [0.29, 0.717) is 29.1 Å². The number of nitrogens with zero attached hydrogens (tertiary/aromatic N) is 3. The van der Waals surface area contributed by atoms with Crippen LogP contribution in [0.4, 0.5) is 0 Å². The second kappa shape index (κ2) is 8.86. The number of hydrogen-bond acceptors (Lipinski definition) is 3. The Morgan fingerprint density at radius 2 is 1.86 bits per heavy atom. The van der Waals surface area contributed by atoms with E-state index in [1.54, 1.807) is 5.01 Å². The van der Waals surface area contributed by atoms with Crippen LogP contribution >= 0.6 is 23.2 Å². The van der Waals surface area contributed by atoms with E-state index in [1.165, 1.54) is 6.42 Å². The van der Waals surface area contributed by atoms with Crippen molar-refractivity contribution in [3.05, 3.63) is 69.7 Å². The first-order valence-electron chi connectivity index (χ1n) is 10.2. The fourth-order valence-corrected chi connectivity index (χ4v) is 4.55. The number of carbonyl (C=O) groups excluding carboxylic acids is 1. The van der Waals surface area contributed by atoms with Gasteiger partial charge in [-0.25, -0.2) is 5.01 Å². The van der Waals surface area contributed by atoms with Gasteiger partial charge in [-0.1, -0.05) is 60.0 Å². The largest absolute Gasteiger partial charge is 0.292 e. The molecule has 4 rings (SSSR count). The van der Waals surface area contributed by atoms with Gasteiger partial charge in [-0.05, 0) is 50.1 Å². The lowest BCUT2D eigenvalue weighted by atomic mass is 9.98. The number of likely N-dealkylation sites (tertiary alicyclic amines) is 1. The van der Waals surface area contributed by atoms with Gasteiger partial charge in [0.15, 0.2) is 0 Å². The van der Waals surface area contributed by atoms with Crippen LogP contribution in [0.2, 0.25) is 10.0 Å². The average molecular weight is 430 g/mol. The van der Waals surface area contributed by atoms with Crippen molar-refractivity contribution in [3.8, 4) is 0 Å². The number of amides is 1. The van der Waals surface area contributed by atoms with Gasteiger partial charge in [0.1, 0.15) is 0 Å². The normalized spacial score (nSPS) is 22.6. The summed E-state index contributed by atoms with van der Waals surface area (Å²) in [5.74, 6) is 0.0285. The molecule has 0 saturated carbocycles. The summed E-state index contributed by atoms with van der Waals surface area (Å²) in [6.45, 7) is 3.56. The van der Waals surface area contributed by atoms with Crippen molar-refractivity contribution < 1.29 is 4.79 Å². The van der Waals surface area contributed by atoms with E-state index in [2.05, 4.69) is 11.8 Å². The molecule has 0 radical (unpaired) electrons. The van der Waals surface area contributed by atoms with E-state index >= 15 is 0 Å². The molecule has 1 fully saturated rings. The van der Waals surface area contributed by atoms with Gasteiger partial charge in [0, 0.05) is 28.1 Å². The molecule has 1 saturated heterocycles. The molecule has 2 atom stereocenters. The molecular formula is C23H25Cl2N3O. The first kappa shape index (κ1) is 20.4. The van der Waals surface area contributed by atoms with Crippen molar-refractivity contribution in [1.82, 2.24) is 9.91 Å². The molecule has 0 spiro atoms. The number of carbonyl (C=O) groups is 1. The number of piperidine rings is 1. The van der Waals surface area contributed by atoms with Crippen LogP contribution < -0.4 is 0 Å². The standard InChI is InChI=1S/C23H25Cl2N3O/c1-16-6-4-5-13-27(16)15-23(29)28-22(17-9-11-18(24)12-10-17)14-21(26-28)19-7-2-3-8-20(19)25/h2-3,7-12,16,22H,4-6,13-15H2,1H3. The molecule has 2 heterocycles. The molecule has 0 aliphatic carbocycles. The monoisotopic (exact) mass is 429 g/mol. The maximum Gasteiger partial charge on any atom is 0.257 e. The zero-order valence-corrected chi connectivity index (χ0v) is 18.0. The Bertz CT molecular complexity index is 913. The van der Waals surface area contributed by atoms with Gasteiger partial charge in [0.25, 0.3) is 5.91 Å². The molecular weight excluding hydrogens is 405 g/mol. The Labute approximate surface area is 182 Å². The Hall–Kier alpha value is -1.88. The Kier molecular flexibility index (Phi) is 6.23. The van der Waals surface area contributed by atoms with Gasteiger partial charge in [-0.3, -0.25) is 9.69 Å². The van der Waals surface area contributed by atoms with Crippen molar-refractivity contribution in [2.75, 3.05) is 13.1 Å². The minimum absolute atomic E-state index is 0.0285. The molecule has 29 heavy (non-hydrogen) atoms. The zero-order chi connectivity index (χ0) is 20.4. The average Bonchev–Trinajstić information content (AvgIpc) is 3.16. The van der Waals surface area contributed by atoms with Crippen LogP contribution in [0.15, 0.2) is 53.6 Å². The van der Waals surface area contributed by atoms with Crippen LogP contribution in [0.1, 0.15) is 49.8 Å². The van der Waals surface area contributed by atoms with Crippen LogP contribution in [0.3, 0.4) is 0 Å². The molecule has 152 valence electrons. The van der Waals surface area contributed by atoms with E-state index < -0.39 is 0 Å². The van der Waals surface area contributed by atoms with E-state index in [9.17, 15) is 4.79 Å². The molecule has 2 unspecified atom stereocenters. The number of benzene rings is 2. The first-order valence-corrected chi connectivity index (χ1v) is 10.9. The smallest absolute Gasteiger partial charge is 0.257 e. The van der Waals surface area contributed by atoms with Gasteiger partial charge < -0.3 is 0 Å². The third-order valence-electron chi connectivity index (χ3n) is 5.88. The molecule has 2 aromatic rings. The summed E-state index contributed by atoms with van der Waals surface area (Å²) in [5.41, 5.74) is 2.76. The highest BCUT2D eigenvalue weighted by molar-refractivity contribution is 6.34. The number of hydrazone groups is 1. The summed E-state index contributed by atoms with van der Waals surface area (Å²) >= 11 is 12.5. The third kappa shape index (κ3) is 4.50. The Morgan fingerprint density at radius 1 is 1.10 bits per heavy atom. The Balaban J connectivity index is 1.62. The van der Waals surface area contributed by atoms with Crippen molar-refractivity contribution in [2.24, 2.45) is 5.10 Å². The van der Waals surface area contributed by atoms with Crippen LogP contribution in [0, 0.1) is 0 Å². The lowest BCUT2D eigenvalue weighted by Gasteiger charge is -2.34. The highest BCUT2D eigenvalue weighted by Gasteiger charge is 2.35. The SMILES string of the molecule is CC1CCCCN1CC(=O)N1N=C(c2ccccc2Cl)CC1c1ccc(Cl)cc1. The molecule has 2 aliphatic heterocycles. The summed E-state index contributed by atoms with van der Waals surface area (Å²) in [6.07, 6.45) is 4.15. The van der Waals surface area contributed by atoms with E-state index in [-0.39, 0.29) is 11.9 Å². The summed E-state index contributed by atoms with van der Waals surface area (Å²) in [5, 5.41) is 7.73. The molecule has 2 aromatic carbocycles. The van der Waals surface area contributed by atoms with Gasteiger partial charge >= 0.3 is 0 Å². The highest BCUT2D eigenvalue weighted by Crippen LogP contribution is 2.35. The molecule has 2 aliphatic rings. The van der Waals surface area contributed by atoms with Crippen LogP contribution in [0.5, 0.6) is 0 Å². The Morgan fingerprint density at radius 3 is 2.59 bits per heavy atom. The molecule has 4 nitrogen and oxygen atoms in total. The van der Waals surface area contributed by atoms with Gasteiger partial charge in [-0.2, -0.15) is 5.10 Å². The van der Waals surface area contributed by atoms with Gasteiger partial charge in [0.05, 0.1) is 18.3 Å². The predicted molar refractivity (Wildman–Crippen MR) is 119 cm³/mol. The fraction of sp³-hybridized carbons (Fsp3) is 0.391. The summed E-state index contributed by atoms with van der Waals surface area (Å²) < 4.78 is 0. The van der Waals surface area contributed by atoms with Crippen LogP contribution in [0.25, 0.3) is 0 Å². The van der Waals surface area contributed by atoms with Crippen molar-refractivity contribution in [2.45, 2.75) is 44.7 Å². The first-order chi connectivity index (χ1) is 14.0. The number of rotatable bonds is 4. The zero-order valence-electron chi connectivity index (χ0n) is 16.5. The number of hydrogen-bond donors (Lipinski definition) is 0. The van der Waals surface area contributed by atoms with Crippen molar-refractivity contribution >= 4 is 34.8 Å². The topological polar surface area (TPSA) is 35.9 Å². The van der Waals surface area contributed by atoms with E-state index in [1.807, 2.05) is 48.5 Å². The van der Waals surface area contributed by atoms with Gasteiger partial charge in [0.2, 0.25) is 0 Å². The quantitative estimate of drug-likeness (QED) is 0.638. The predicted octanol–water partition coefficient (Wildman–Crippen LogP) is 5.55. The lowest BCUT2D eigenvalue weighted by Crippen LogP contribution is -2.44. The van der Waals surface area contributed by atoms with Crippen molar-refractivity contribution in [1.29, 1.82) is 0 Å². The van der Waals surface area contributed by atoms with E-state index in [4.69, 9.17) is 28.3 Å². The van der Waals surface area contributed by atoms with Crippen LogP contribution in [-0.4, -0.2) is 40.7 Å². The molecule has 6 heteroatoms. The summed E-state index contributed by atoms with van der Waals surface area (Å²) in [6, 6.07) is 15.6. The maximum absolute atomic E-state index is 13.3. The lowest BCUT2D eigenvalue weighted by molar-refractivity contribution is -0.135. The second-order valence-corrected chi connectivity index (χ2v) is 8.70. The number of halogens is 2. The van der Waals surface area contributed by atoms with E-state index in [0.717, 1.165) is 36.2 Å². The third-order valence-corrected chi connectivity index (χ3v) is 6.47. The fourth-order valence-electron chi connectivity index (χ4n) is 4.18. The molecule has 0 bridgehead atoms. The molecule has 0 aromatic heterocycles. The summed E-state index contributed by atoms with van der Waals surface area (Å²) in [7, 11) is 0. The highest BCUT2D eigenvalue weighted by atomic mass is 35.5. The molecule has 0 N–H and O–H groups in total. The summed E-state index contributed by atoms with van der Waals surface area (Å²) in [4.78, 5) is 15.6.